The molecule has 10 unspecified atom stereocenters. The van der Waals surface area contributed by atoms with E-state index in [0.29, 0.717) is 25.8 Å². The van der Waals surface area contributed by atoms with E-state index in [0.717, 1.165) is 0 Å². The maximum absolute atomic E-state index is 14.5. The molecule has 0 aromatic rings. The van der Waals surface area contributed by atoms with Crippen molar-refractivity contribution in [1.29, 1.82) is 0 Å². The Hall–Kier alpha value is -6.64. The van der Waals surface area contributed by atoms with Crippen LogP contribution < -0.4 is 82.3 Å². The lowest BCUT2D eigenvalue weighted by Gasteiger charge is -2.30. The Morgan fingerprint density at radius 1 is 0.658 bits per heavy atom. The summed E-state index contributed by atoms with van der Waals surface area (Å²) < 4.78 is 0. The number of nitrogens with zero attached hydrogens (tertiary/aromatic N) is 1. The number of hydrogen-bond donors (Lipinski definition) is 15. The Balaban J connectivity index is 3.85. The minimum absolute atomic E-state index is 0.0425. The first-order valence-corrected chi connectivity index (χ1v) is 27.9. The van der Waals surface area contributed by atoms with Gasteiger partial charge in [-0.3, -0.25) is 57.7 Å². The van der Waals surface area contributed by atoms with Crippen molar-refractivity contribution in [2.24, 2.45) is 63.1 Å². The van der Waals surface area contributed by atoms with Gasteiger partial charge in [0, 0.05) is 25.9 Å². The van der Waals surface area contributed by atoms with Crippen LogP contribution in [-0.2, 0) is 52.7 Å². The average molecular weight is 1120 g/mol. The van der Waals surface area contributed by atoms with Gasteiger partial charge in [0.05, 0.1) is 6.04 Å². The highest BCUT2D eigenvalue weighted by Gasteiger charge is 2.37. The lowest BCUT2D eigenvalue weighted by Crippen LogP contribution is -2.61. The van der Waals surface area contributed by atoms with Gasteiger partial charge in [0.15, 0.2) is 5.96 Å². The van der Waals surface area contributed by atoms with Crippen molar-refractivity contribution in [2.75, 3.05) is 19.6 Å². The number of nitrogens with one attached hydrogen (secondary N) is 9. The third-order valence-corrected chi connectivity index (χ3v) is 13.2. The molecule has 0 spiro atoms. The number of nitrogens with two attached hydrogens (primary N) is 6. The van der Waals surface area contributed by atoms with Gasteiger partial charge in [0.1, 0.15) is 48.3 Å². The highest BCUT2D eigenvalue weighted by Crippen LogP contribution is 2.15. The number of hydrogen-bond acceptors (Lipinski definition) is 14. The molecule has 0 aliphatic carbocycles. The monoisotopic (exact) mass is 1120 g/mol. The van der Waals surface area contributed by atoms with Gasteiger partial charge in [-0.05, 0) is 107 Å². The van der Waals surface area contributed by atoms with Gasteiger partial charge in [-0.25, -0.2) is 0 Å². The van der Waals surface area contributed by atoms with E-state index in [-0.39, 0.29) is 120 Å². The average Bonchev–Trinajstić information content (AvgIpc) is 3.36. The Morgan fingerprint density at radius 3 is 1.81 bits per heavy atom. The second-order valence-electron chi connectivity index (χ2n) is 21.8. The summed E-state index contributed by atoms with van der Waals surface area (Å²) in [7, 11) is 0. The zero-order valence-electron chi connectivity index (χ0n) is 47.8. The van der Waals surface area contributed by atoms with Gasteiger partial charge in [-0.2, -0.15) is 0 Å². The topological polar surface area (TPSA) is 465 Å². The summed E-state index contributed by atoms with van der Waals surface area (Å²) in [6.45, 7) is 14.9. The van der Waals surface area contributed by atoms with Crippen LogP contribution in [0.5, 0.6) is 0 Å². The van der Waals surface area contributed by atoms with Gasteiger partial charge in [-0.1, -0.05) is 68.2 Å². The van der Waals surface area contributed by atoms with E-state index >= 15 is 0 Å². The molecule has 1 fully saturated rings. The number of unbranched alkanes of at least 4 members (excludes halogenated alkanes) is 1. The fourth-order valence-electron chi connectivity index (χ4n) is 8.55. The third kappa shape index (κ3) is 28.7. The number of carbonyl (C=O) groups is 11. The zero-order chi connectivity index (χ0) is 59.9. The molecule has 0 aromatic heterocycles. The van der Waals surface area contributed by atoms with Crippen LogP contribution in [0.1, 0.15) is 158 Å². The van der Waals surface area contributed by atoms with E-state index in [4.69, 9.17) is 34.4 Å². The molecular weight excluding hydrogens is 1020 g/mol. The molecule has 21 N–H and O–H groups in total. The Labute approximate surface area is 465 Å². The van der Waals surface area contributed by atoms with Crippen LogP contribution in [0.3, 0.4) is 0 Å². The summed E-state index contributed by atoms with van der Waals surface area (Å²) in [5.41, 5.74) is 33.7. The molecule has 1 saturated heterocycles. The van der Waals surface area contributed by atoms with Crippen molar-refractivity contribution in [2.45, 2.75) is 212 Å². The molecule has 450 valence electrons. The van der Waals surface area contributed by atoms with Crippen LogP contribution in [0, 0.1) is 23.7 Å². The standard InChI is InChI=1S/C52H96N16O11/c1-9-31(8)42-51(79)67-39(27-30(6)7)49(77)64-35(17-14-24-60-52(57)58)45(73)63-34(16-11-13-23-59-41(70)21-19-36(47(75)68-42)62-44(72)32(54)15-10-12-22-53)46(74)65-38(26-29(4)5)50(78)66-37(25-28(2)3)48(76)61-33(43(56)71)18-20-40(55)69/h28-39,42H,9-27,53-54H2,1-8H3,(H2,55,69)(H2,56,71)(H,59,70)(H,61,76)(H,62,72)(H,63,73)(H,64,77)(H,65,74)(H,66,78)(H,67,79)(H,68,75)(H4,57,58,60). The molecule has 1 rings (SSSR count). The number of aliphatic imine (C=N–C) groups is 1. The highest BCUT2D eigenvalue weighted by atomic mass is 16.2. The van der Waals surface area contributed by atoms with Crippen LogP contribution in [-0.4, -0.2) is 145 Å². The normalized spacial score (nSPS) is 21.2. The summed E-state index contributed by atoms with van der Waals surface area (Å²) in [6, 6.07) is -11.2. The van der Waals surface area contributed by atoms with Crippen LogP contribution in [0.15, 0.2) is 4.99 Å². The maximum atomic E-state index is 14.5. The van der Waals surface area contributed by atoms with Crippen molar-refractivity contribution in [3.63, 3.8) is 0 Å². The maximum Gasteiger partial charge on any atom is 0.243 e. The minimum atomic E-state index is -1.35. The lowest BCUT2D eigenvalue weighted by molar-refractivity contribution is -0.136. The van der Waals surface area contributed by atoms with E-state index in [9.17, 15) is 52.7 Å². The van der Waals surface area contributed by atoms with Crippen LogP contribution in [0.4, 0.5) is 0 Å². The number of primary amides is 2. The zero-order valence-corrected chi connectivity index (χ0v) is 47.8. The molecule has 27 nitrogen and oxygen atoms in total. The molecule has 27 heteroatoms. The van der Waals surface area contributed by atoms with Crippen molar-refractivity contribution in [3.8, 4) is 0 Å². The van der Waals surface area contributed by atoms with Crippen molar-refractivity contribution in [3.05, 3.63) is 0 Å². The summed E-state index contributed by atoms with van der Waals surface area (Å²) in [4.78, 5) is 154. The molecule has 0 saturated carbocycles. The van der Waals surface area contributed by atoms with E-state index in [1.807, 2.05) is 13.8 Å². The molecule has 1 aliphatic rings. The molecule has 11 amide bonds. The van der Waals surface area contributed by atoms with Crippen LogP contribution >= 0.6 is 0 Å². The summed E-state index contributed by atoms with van der Waals surface area (Å²) in [5, 5.41) is 24.4. The molecule has 0 bridgehead atoms. The summed E-state index contributed by atoms with van der Waals surface area (Å²) in [5.74, 6) is -9.36. The summed E-state index contributed by atoms with van der Waals surface area (Å²) >= 11 is 0. The minimum Gasteiger partial charge on any atom is -0.370 e. The molecule has 0 radical (unpaired) electrons. The predicted molar refractivity (Wildman–Crippen MR) is 298 cm³/mol. The van der Waals surface area contributed by atoms with Crippen molar-refractivity contribution in [1.82, 2.24) is 47.9 Å². The van der Waals surface area contributed by atoms with Gasteiger partial charge < -0.3 is 82.3 Å². The largest absolute Gasteiger partial charge is 0.370 e. The third-order valence-electron chi connectivity index (χ3n) is 13.2. The molecule has 1 aliphatic heterocycles. The quantitative estimate of drug-likeness (QED) is 0.0217. The van der Waals surface area contributed by atoms with Crippen LogP contribution in [0.25, 0.3) is 0 Å². The molecular formula is C52H96N16O11. The second-order valence-corrected chi connectivity index (χ2v) is 21.8. The van der Waals surface area contributed by atoms with Crippen LogP contribution in [0.2, 0.25) is 0 Å². The first kappa shape index (κ1) is 70.4. The van der Waals surface area contributed by atoms with E-state index in [1.165, 1.54) is 0 Å². The second kappa shape index (κ2) is 37.3. The number of amides is 11. The highest BCUT2D eigenvalue weighted by molar-refractivity contribution is 5.98. The van der Waals surface area contributed by atoms with Crippen molar-refractivity contribution < 1.29 is 52.7 Å². The van der Waals surface area contributed by atoms with E-state index < -0.39 is 125 Å². The molecule has 0 aromatic carbocycles. The fraction of sp³-hybridized carbons (Fsp3) is 0.769. The van der Waals surface area contributed by atoms with Gasteiger partial charge in [-0.15, -0.1) is 0 Å². The number of guanidine groups is 1. The molecule has 79 heavy (non-hydrogen) atoms. The lowest BCUT2D eigenvalue weighted by atomic mass is 9.96. The van der Waals surface area contributed by atoms with Crippen molar-refractivity contribution >= 4 is 70.9 Å². The van der Waals surface area contributed by atoms with Gasteiger partial charge >= 0.3 is 0 Å². The molecule has 10 atom stereocenters. The van der Waals surface area contributed by atoms with E-state index in [2.05, 4.69) is 52.8 Å². The fourth-order valence-corrected chi connectivity index (χ4v) is 8.55. The van der Waals surface area contributed by atoms with Gasteiger partial charge in [0.25, 0.3) is 0 Å². The first-order valence-electron chi connectivity index (χ1n) is 27.9. The SMILES string of the molecule is CCC(C)C1NC(=O)C(NC(=O)C(N)CCCCN)CCC(=O)NCCCCC(C(=O)NC(CC(C)C)C(=O)NC(CC(C)C)C(=O)NC(CCC(N)=O)C(N)=O)NC(=O)C(CCCN=C(N)N)NC(=O)C(CC(C)C)NC1=O. The van der Waals surface area contributed by atoms with Gasteiger partial charge in [0.2, 0.25) is 65.0 Å². The molecule has 1 heterocycles. The Kier molecular flexibility index (Phi) is 33.2. The number of carbonyl (C=O) groups excluding carboxylic acids is 11. The predicted octanol–water partition coefficient (Wildman–Crippen LogP) is -2.61. The van der Waals surface area contributed by atoms with E-state index in [1.54, 1.807) is 41.5 Å². The summed E-state index contributed by atoms with van der Waals surface area (Å²) in [6.07, 6.45) is 1.85. The first-order chi connectivity index (χ1) is 37.1. The smallest absolute Gasteiger partial charge is 0.243 e. The Bertz CT molecular complexity index is 2050. The Morgan fingerprint density at radius 2 is 1.25 bits per heavy atom. The number of rotatable bonds is 28.